The Morgan fingerprint density at radius 3 is 2.67 bits per heavy atom. The first-order valence-corrected chi connectivity index (χ1v) is 7.07. The lowest BCUT2D eigenvalue weighted by molar-refractivity contribution is 0.0662. The van der Waals surface area contributed by atoms with Gasteiger partial charge in [-0.05, 0) is 51.3 Å². The smallest absolute Gasteiger partial charge is 0.0608 e. The maximum absolute atomic E-state index is 9.73. The number of rotatable bonds is 8. The van der Waals surface area contributed by atoms with Crippen molar-refractivity contribution in [3.8, 4) is 0 Å². The highest BCUT2D eigenvalue weighted by Gasteiger charge is 2.13. The van der Waals surface area contributed by atoms with Crippen molar-refractivity contribution in [2.45, 2.75) is 65.1 Å². The third-order valence-electron chi connectivity index (χ3n) is 3.21. The first kappa shape index (κ1) is 15.3. The van der Waals surface area contributed by atoms with Crippen molar-refractivity contribution in [1.29, 1.82) is 0 Å². The van der Waals surface area contributed by atoms with Crippen LogP contribution in [0, 0.1) is 0 Å². The summed E-state index contributed by atoms with van der Waals surface area (Å²) >= 11 is 0. The standard InChI is InChI=1S/C15H28N2O/c1-5-9-16-14(6-2)13-7-10-17(12-13)11-8-15(3,4)18/h7,10,12,14,16,18H,5-6,8-9,11H2,1-4H3. The second-order valence-electron chi connectivity index (χ2n) is 5.66. The Morgan fingerprint density at radius 2 is 2.11 bits per heavy atom. The van der Waals surface area contributed by atoms with E-state index >= 15 is 0 Å². The molecule has 0 aliphatic rings. The van der Waals surface area contributed by atoms with E-state index in [1.807, 2.05) is 13.8 Å². The van der Waals surface area contributed by atoms with Gasteiger partial charge in [-0.1, -0.05) is 13.8 Å². The average Bonchev–Trinajstić information content (AvgIpc) is 2.75. The van der Waals surface area contributed by atoms with Crippen LogP contribution in [-0.2, 0) is 6.54 Å². The maximum Gasteiger partial charge on any atom is 0.0608 e. The number of nitrogens with one attached hydrogen (secondary N) is 1. The van der Waals surface area contributed by atoms with Crippen molar-refractivity contribution >= 4 is 0 Å². The van der Waals surface area contributed by atoms with Gasteiger partial charge < -0.3 is 15.0 Å². The van der Waals surface area contributed by atoms with E-state index in [-0.39, 0.29) is 0 Å². The average molecular weight is 252 g/mol. The molecule has 3 nitrogen and oxygen atoms in total. The highest BCUT2D eigenvalue weighted by molar-refractivity contribution is 5.15. The summed E-state index contributed by atoms with van der Waals surface area (Å²) in [5.74, 6) is 0. The molecule has 18 heavy (non-hydrogen) atoms. The van der Waals surface area contributed by atoms with Crippen LogP contribution in [0.2, 0.25) is 0 Å². The molecule has 1 unspecified atom stereocenters. The Morgan fingerprint density at radius 1 is 1.39 bits per heavy atom. The lowest BCUT2D eigenvalue weighted by Crippen LogP contribution is -2.21. The van der Waals surface area contributed by atoms with Crippen molar-refractivity contribution in [2.75, 3.05) is 6.54 Å². The minimum atomic E-state index is -0.588. The Kier molecular flexibility index (Phi) is 5.89. The van der Waals surface area contributed by atoms with Gasteiger partial charge in [-0.15, -0.1) is 0 Å². The molecule has 0 aromatic carbocycles. The van der Waals surface area contributed by atoms with Gasteiger partial charge in [0.25, 0.3) is 0 Å². The zero-order valence-electron chi connectivity index (χ0n) is 12.2. The van der Waals surface area contributed by atoms with E-state index in [1.54, 1.807) is 0 Å². The number of aromatic nitrogens is 1. The molecule has 0 saturated carbocycles. The lowest BCUT2D eigenvalue weighted by atomic mass is 10.1. The van der Waals surface area contributed by atoms with Gasteiger partial charge in [0.2, 0.25) is 0 Å². The molecule has 0 bridgehead atoms. The molecule has 1 aromatic rings. The molecule has 0 aliphatic heterocycles. The second kappa shape index (κ2) is 6.95. The summed E-state index contributed by atoms with van der Waals surface area (Å²) in [4.78, 5) is 0. The predicted octanol–water partition coefficient (Wildman–Crippen LogP) is 3.10. The number of hydrogen-bond donors (Lipinski definition) is 2. The van der Waals surface area contributed by atoms with Gasteiger partial charge in [0.05, 0.1) is 5.60 Å². The van der Waals surface area contributed by atoms with Crippen LogP contribution in [0.25, 0.3) is 0 Å². The fraction of sp³-hybridized carbons (Fsp3) is 0.733. The third kappa shape index (κ3) is 5.23. The van der Waals surface area contributed by atoms with Gasteiger partial charge in [0.15, 0.2) is 0 Å². The number of nitrogens with zero attached hydrogens (tertiary/aromatic N) is 1. The van der Waals surface area contributed by atoms with Crippen LogP contribution in [0.4, 0.5) is 0 Å². The Labute approximate surface area is 111 Å². The summed E-state index contributed by atoms with van der Waals surface area (Å²) in [5, 5.41) is 13.3. The molecule has 104 valence electrons. The van der Waals surface area contributed by atoms with Crippen LogP contribution >= 0.6 is 0 Å². The first-order valence-electron chi connectivity index (χ1n) is 7.07. The van der Waals surface area contributed by atoms with Crippen LogP contribution in [0.5, 0.6) is 0 Å². The van der Waals surface area contributed by atoms with Gasteiger partial charge in [-0.2, -0.15) is 0 Å². The van der Waals surface area contributed by atoms with E-state index in [2.05, 4.69) is 42.2 Å². The zero-order chi connectivity index (χ0) is 13.6. The molecule has 0 saturated heterocycles. The van der Waals surface area contributed by atoms with Crippen LogP contribution in [0.3, 0.4) is 0 Å². The molecule has 3 heteroatoms. The molecule has 1 rings (SSSR count). The summed E-state index contributed by atoms with van der Waals surface area (Å²) in [6.07, 6.45) is 7.35. The third-order valence-corrected chi connectivity index (χ3v) is 3.21. The van der Waals surface area contributed by atoms with Gasteiger partial charge in [-0.25, -0.2) is 0 Å². The maximum atomic E-state index is 9.73. The molecule has 0 fully saturated rings. The molecule has 1 atom stereocenters. The minimum absolute atomic E-state index is 0.452. The monoisotopic (exact) mass is 252 g/mol. The van der Waals surface area contributed by atoms with Crippen molar-refractivity contribution in [3.05, 3.63) is 24.0 Å². The summed E-state index contributed by atoms with van der Waals surface area (Å²) in [5.41, 5.74) is 0.761. The number of aryl methyl sites for hydroxylation is 1. The molecule has 1 aromatic heterocycles. The van der Waals surface area contributed by atoms with E-state index < -0.39 is 5.60 Å². The second-order valence-corrected chi connectivity index (χ2v) is 5.66. The zero-order valence-corrected chi connectivity index (χ0v) is 12.2. The molecule has 2 N–H and O–H groups in total. The van der Waals surface area contributed by atoms with Crippen molar-refractivity contribution in [2.24, 2.45) is 0 Å². The Bertz CT molecular complexity index is 339. The molecule has 0 radical (unpaired) electrons. The quantitative estimate of drug-likeness (QED) is 0.746. The molecular formula is C15H28N2O. The molecule has 0 amide bonds. The fourth-order valence-electron chi connectivity index (χ4n) is 2.02. The molecular weight excluding hydrogens is 224 g/mol. The molecule has 0 aliphatic carbocycles. The van der Waals surface area contributed by atoms with E-state index in [1.165, 1.54) is 5.56 Å². The van der Waals surface area contributed by atoms with E-state index in [0.29, 0.717) is 6.04 Å². The van der Waals surface area contributed by atoms with E-state index in [0.717, 1.165) is 32.4 Å². The molecule has 1 heterocycles. The fourth-order valence-corrected chi connectivity index (χ4v) is 2.02. The minimum Gasteiger partial charge on any atom is -0.390 e. The van der Waals surface area contributed by atoms with E-state index in [4.69, 9.17) is 0 Å². The topological polar surface area (TPSA) is 37.2 Å². The highest BCUT2D eigenvalue weighted by atomic mass is 16.3. The van der Waals surface area contributed by atoms with Crippen LogP contribution in [0.15, 0.2) is 18.5 Å². The first-order chi connectivity index (χ1) is 8.46. The summed E-state index contributed by atoms with van der Waals surface area (Å²) in [7, 11) is 0. The SMILES string of the molecule is CCCNC(CC)c1ccn(CCC(C)(C)O)c1. The van der Waals surface area contributed by atoms with Gasteiger partial charge >= 0.3 is 0 Å². The van der Waals surface area contributed by atoms with Crippen molar-refractivity contribution in [1.82, 2.24) is 9.88 Å². The summed E-state index contributed by atoms with van der Waals surface area (Å²) < 4.78 is 2.17. The van der Waals surface area contributed by atoms with Gasteiger partial charge in [0.1, 0.15) is 0 Å². The lowest BCUT2D eigenvalue weighted by Gasteiger charge is -2.17. The summed E-state index contributed by atoms with van der Waals surface area (Å²) in [6.45, 7) is 10.0. The van der Waals surface area contributed by atoms with Crippen molar-refractivity contribution in [3.63, 3.8) is 0 Å². The Balaban J connectivity index is 2.55. The van der Waals surface area contributed by atoms with Crippen LogP contribution in [-0.4, -0.2) is 21.8 Å². The van der Waals surface area contributed by atoms with Crippen LogP contribution in [0.1, 0.15) is 58.6 Å². The van der Waals surface area contributed by atoms with Gasteiger partial charge in [0, 0.05) is 25.0 Å². The van der Waals surface area contributed by atoms with Crippen LogP contribution < -0.4 is 5.32 Å². The summed E-state index contributed by atoms with van der Waals surface area (Å²) in [6, 6.07) is 2.63. The van der Waals surface area contributed by atoms with E-state index in [9.17, 15) is 5.11 Å². The number of hydrogen-bond acceptors (Lipinski definition) is 2. The normalized spacial score (nSPS) is 13.8. The number of aliphatic hydroxyl groups is 1. The van der Waals surface area contributed by atoms with Crippen molar-refractivity contribution < 1.29 is 5.11 Å². The highest BCUT2D eigenvalue weighted by Crippen LogP contribution is 2.18. The molecule has 0 spiro atoms. The van der Waals surface area contributed by atoms with Gasteiger partial charge in [-0.3, -0.25) is 0 Å². The predicted molar refractivity (Wildman–Crippen MR) is 76.7 cm³/mol. The largest absolute Gasteiger partial charge is 0.390 e. The Hall–Kier alpha value is -0.800.